The summed E-state index contributed by atoms with van der Waals surface area (Å²) in [5.74, 6) is 1.05. The number of aliphatic hydroxyl groups excluding tert-OH is 2. The molecule has 0 amide bonds. The maximum atomic E-state index is 12.7. The smallest absolute Gasteiger partial charge is 0.330 e. The van der Waals surface area contributed by atoms with Crippen molar-refractivity contribution in [3.8, 4) is 0 Å². The van der Waals surface area contributed by atoms with E-state index in [1.165, 1.54) is 18.9 Å². The topological polar surface area (TPSA) is 88.5 Å². The molecule has 206 valence electrons. The molecule has 4 rings (SSSR count). The van der Waals surface area contributed by atoms with Crippen LogP contribution in [0.25, 0.3) is 0 Å². The molecule has 10 atom stereocenters. The fourth-order valence-corrected chi connectivity index (χ4v) is 6.24. The summed E-state index contributed by atoms with van der Waals surface area (Å²) in [6.07, 6.45) is 17.2. The number of fused-ring (bicyclic) bond motifs is 3. The molecule has 2 N–H and O–H groups in total. The van der Waals surface area contributed by atoms with Crippen molar-refractivity contribution in [2.75, 3.05) is 0 Å². The summed E-state index contributed by atoms with van der Waals surface area (Å²) in [4.78, 5) is 12.7. The van der Waals surface area contributed by atoms with Gasteiger partial charge in [-0.2, -0.15) is 0 Å². The van der Waals surface area contributed by atoms with Crippen LogP contribution in [0.3, 0.4) is 0 Å². The highest BCUT2D eigenvalue weighted by Crippen LogP contribution is 2.35. The predicted octanol–water partition coefficient (Wildman–Crippen LogP) is 5.20. The van der Waals surface area contributed by atoms with Gasteiger partial charge in [0.2, 0.25) is 0 Å². The number of carbonyl (C=O) groups is 1. The third-order valence-corrected chi connectivity index (χ3v) is 8.21. The SMILES string of the molecule is C=C1CC(C)C[C@@H]2CC=CC(C/C=C\C(=O)OC(C(O)/C=C/C3CCCC(C)C3)C[C@@H]3OC3[C@@H](O)C1)O2. The van der Waals surface area contributed by atoms with Crippen LogP contribution in [0.2, 0.25) is 0 Å². The fourth-order valence-electron chi connectivity index (χ4n) is 6.24. The molecule has 6 heteroatoms. The van der Waals surface area contributed by atoms with Crippen molar-refractivity contribution in [2.45, 2.75) is 121 Å². The average Bonchev–Trinajstić information content (AvgIpc) is 3.61. The van der Waals surface area contributed by atoms with Gasteiger partial charge in [-0.1, -0.05) is 69.2 Å². The Kier molecular flexibility index (Phi) is 10.2. The van der Waals surface area contributed by atoms with E-state index in [0.717, 1.165) is 37.7 Å². The number of rotatable bonds is 3. The molecule has 6 nitrogen and oxygen atoms in total. The number of ether oxygens (including phenoxy) is 3. The minimum Gasteiger partial charge on any atom is -0.456 e. The molecule has 7 unspecified atom stereocenters. The van der Waals surface area contributed by atoms with E-state index in [2.05, 4.69) is 38.7 Å². The number of epoxide rings is 1. The molecule has 0 aromatic heterocycles. The summed E-state index contributed by atoms with van der Waals surface area (Å²) >= 11 is 0. The molecule has 3 aliphatic heterocycles. The van der Waals surface area contributed by atoms with E-state index in [4.69, 9.17) is 14.2 Å². The van der Waals surface area contributed by atoms with Crippen LogP contribution in [0, 0.1) is 17.8 Å². The molecule has 0 radical (unpaired) electrons. The third kappa shape index (κ3) is 8.91. The average molecular weight is 515 g/mol. The molecule has 0 aromatic carbocycles. The highest BCUT2D eigenvalue weighted by molar-refractivity contribution is 5.82. The van der Waals surface area contributed by atoms with E-state index in [0.29, 0.717) is 37.0 Å². The Labute approximate surface area is 222 Å². The van der Waals surface area contributed by atoms with Gasteiger partial charge in [-0.05, 0) is 62.7 Å². The lowest BCUT2D eigenvalue weighted by Gasteiger charge is -2.28. The molecule has 1 saturated carbocycles. The van der Waals surface area contributed by atoms with Crippen molar-refractivity contribution in [3.05, 3.63) is 48.6 Å². The molecule has 2 bridgehead atoms. The summed E-state index contributed by atoms with van der Waals surface area (Å²) in [5, 5.41) is 21.8. The third-order valence-electron chi connectivity index (χ3n) is 8.21. The number of hydrogen-bond acceptors (Lipinski definition) is 6. The normalized spacial score (nSPS) is 41.8. The first kappa shape index (κ1) is 28.3. The zero-order valence-corrected chi connectivity index (χ0v) is 22.5. The maximum Gasteiger partial charge on any atom is 0.330 e. The van der Waals surface area contributed by atoms with Crippen LogP contribution in [0.15, 0.2) is 48.6 Å². The van der Waals surface area contributed by atoms with Gasteiger partial charge in [0, 0.05) is 12.5 Å². The number of allylic oxidation sites excluding steroid dienone is 1. The van der Waals surface area contributed by atoms with Gasteiger partial charge in [-0.25, -0.2) is 4.79 Å². The largest absolute Gasteiger partial charge is 0.456 e. The van der Waals surface area contributed by atoms with Gasteiger partial charge in [0.25, 0.3) is 0 Å². The molecule has 3 heterocycles. The monoisotopic (exact) mass is 514 g/mol. The van der Waals surface area contributed by atoms with Crippen LogP contribution in [-0.4, -0.2) is 58.9 Å². The molecule has 1 saturated heterocycles. The first-order valence-corrected chi connectivity index (χ1v) is 14.3. The van der Waals surface area contributed by atoms with Crippen molar-refractivity contribution >= 4 is 5.97 Å². The van der Waals surface area contributed by atoms with E-state index in [9.17, 15) is 15.0 Å². The zero-order valence-electron chi connectivity index (χ0n) is 22.5. The number of esters is 1. The van der Waals surface area contributed by atoms with Crippen LogP contribution >= 0.6 is 0 Å². The van der Waals surface area contributed by atoms with Gasteiger partial charge in [0.1, 0.15) is 18.3 Å². The Hall–Kier alpha value is -1.73. The Morgan fingerprint density at radius 3 is 2.70 bits per heavy atom. The van der Waals surface area contributed by atoms with Gasteiger partial charge in [-0.3, -0.25) is 0 Å². The first-order chi connectivity index (χ1) is 17.8. The van der Waals surface area contributed by atoms with Gasteiger partial charge in [0.05, 0.1) is 24.4 Å². The summed E-state index contributed by atoms with van der Waals surface area (Å²) in [5.41, 5.74) is 1.01. The summed E-state index contributed by atoms with van der Waals surface area (Å²) in [7, 11) is 0. The van der Waals surface area contributed by atoms with Crippen LogP contribution in [0.5, 0.6) is 0 Å². The van der Waals surface area contributed by atoms with E-state index in [1.807, 2.05) is 0 Å². The maximum absolute atomic E-state index is 12.7. The minimum atomic E-state index is -0.927. The molecular weight excluding hydrogens is 468 g/mol. The quantitative estimate of drug-likeness (QED) is 0.306. The second-order valence-electron chi connectivity index (χ2n) is 11.9. The highest BCUT2D eigenvalue weighted by atomic mass is 16.6. The molecular formula is C31H46O6. The van der Waals surface area contributed by atoms with Gasteiger partial charge in [-0.15, -0.1) is 0 Å². The van der Waals surface area contributed by atoms with E-state index < -0.39 is 24.3 Å². The molecule has 0 aromatic rings. The zero-order chi connectivity index (χ0) is 26.4. The standard InChI is InChI=1S/C31H46O6/c1-20-7-4-8-23(16-20)13-14-26(32)28-19-29-31(37-29)27(33)18-22(3)15-21(2)17-25-11-5-9-24(35-25)10-6-12-30(34)36-28/h5-6,9,12-14,20-21,23-29,31-33H,3-4,7-8,10-11,15-19H2,1-2H3/b12-6-,14-13+/t20?,21?,23?,24?,25-,26?,27-,28?,29-,31?/m0/s1. The Morgan fingerprint density at radius 1 is 1.05 bits per heavy atom. The summed E-state index contributed by atoms with van der Waals surface area (Å²) < 4.78 is 17.7. The Balaban J connectivity index is 1.44. The van der Waals surface area contributed by atoms with Crippen molar-refractivity contribution in [1.82, 2.24) is 0 Å². The first-order valence-electron chi connectivity index (χ1n) is 14.3. The van der Waals surface area contributed by atoms with Crippen LogP contribution < -0.4 is 0 Å². The number of carbonyl (C=O) groups excluding carboxylic acids is 1. The molecule has 37 heavy (non-hydrogen) atoms. The van der Waals surface area contributed by atoms with E-state index >= 15 is 0 Å². The fraction of sp³-hybridized carbons (Fsp3) is 0.710. The molecule has 4 aliphatic rings. The van der Waals surface area contributed by atoms with Crippen LogP contribution in [0.4, 0.5) is 0 Å². The molecule has 1 aliphatic carbocycles. The number of hydrogen-bond donors (Lipinski definition) is 2. The summed E-state index contributed by atoms with van der Waals surface area (Å²) in [6, 6.07) is 0. The highest BCUT2D eigenvalue weighted by Gasteiger charge is 2.46. The van der Waals surface area contributed by atoms with Gasteiger partial charge >= 0.3 is 5.97 Å². The van der Waals surface area contributed by atoms with E-state index in [1.54, 1.807) is 12.2 Å². The lowest BCUT2D eigenvalue weighted by atomic mass is 9.82. The van der Waals surface area contributed by atoms with E-state index in [-0.39, 0.29) is 24.4 Å². The van der Waals surface area contributed by atoms with Gasteiger partial charge < -0.3 is 24.4 Å². The predicted molar refractivity (Wildman–Crippen MR) is 144 cm³/mol. The van der Waals surface area contributed by atoms with Crippen LogP contribution in [0.1, 0.15) is 78.1 Å². The second kappa shape index (κ2) is 13.4. The van der Waals surface area contributed by atoms with Crippen molar-refractivity contribution < 1.29 is 29.2 Å². The second-order valence-corrected chi connectivity index (χ2v) is 11.9. The Bertz CT molecular complexity index is 862. The van der Waals surface area contributed by atoms with Crippen molar-refractivity contribution in [2.24, 2.45) is 17.8 Å². The number of aliphatic hydroxyl groups is 2. The van der Waals surface area contributed by atoms with Crippen molar-refractivity contribution in [3.63, 3.8) is 0 Å². The molecule has 0 spiro atoms. The number of cyclic esters (lactones) is 1. The summed E-state index contributed by atoms with van der Waals surface area (Å²) in [6.45, 7) is 8.68. The van der Waals surface area contributed by atoms with Crippen LogP contribution in [-0.2, 0) is 19.0 Å². The molecule has 2 fully saturated rings. The Morgan fingerprint density at radius 2 is 1.89 bits per heavy atom. The van der Waals surface area contributed by atoms with Crippen molar-refractivity contribution in [1.29, 1.82) is 0 Å². The minimum absolute atomic E-state index is 0.0678. The lowest BCUT2D eigenvalue weighted by molar-refractivity contribution is -0.148. The van der Waals surface area contributed by atoms with Gasteiger partial charge in [0.15, 0.2) is 0 Å². The lowest BCUT2D eigenvalue weighted by Crippen LogP contribution is -2.32.